The molecule has 0 nitrogen and oxygen atoms in total. The first-order chi connectivity index (χ1) is 49.4. The van der Waals surface area contributed by atoms with Crippen LogP contribution < -0.4 is 0 Å². The number of terminal acetylenes is 1. The summed E-state index contributed by atoms with van der Waals surface area (Å²) in [6.45, 7) is 3.32. The SMILES string of the molecule is C#CC#CC#CC#CC#CC#CC#CC#CC#CC#CC#CC#CC#CC#CC#CC#CC#CC#CC#CC#CC#CC#CC#CC#CC#CC#CC#CC#CC#CC#CC#CC#CC#CC#CC#CC#CC#CC#CC#CC#CC#CC#CC#CC#CC#CC#CC#CC#CC#C[CH2-]. The number of hydrogen-bond donors (Lipinski definition) is 0. The summed E-state index contributed by atoms with van der Waals surface area (Å²) >= 11 is 0. The van der Waals surface area contributed by atoms with Gasteiger partial charge in [-0.15, -0.1) is 12.3 Å². The molecule has 0 heterocycles. The maximum Gasteiger partial charge on any atom is 0 e. The van der Waals surface area contributed by atoms with Gasteiger partial charge in [0.15, 0.2) is 0 Å². The van der Waals surface area contributed by atoms with Gasteiger partial charge in [0.1, 0.15) is 0 Å². The molecule has 400 valence electrons. The van der Waals surface area contributed by atoms with Crippen molar-refractivity contribution in [3.63, 3.8) is 0 Å². The average Bonchev–Trinajstić information content (AvgIpc) is 3.64. The highest BCUT2D eigenvalue weighted by molar-refractivity contribution is 5.56. The van der Waals surface area contributed by atoms with Gasteiger partial charge >= 0.3 is 0 Å². The normalized spacial score (nSPS) is 3.95. The highest BCUT2D eigenvalue weighted by atomic mass is 13.7. The average molecular weight is 1190 g/mol. The predicted molar refractivity (Wildman–Crippen MR) is 387 cm³/mol. The van der Waals surface area contributed by atoms with Crippen LogP contribution in [0.25, 0.3) is 0 Å². The van der Waals surface area contributed by atoms with E-state index in [2.05, 4.69) is 581 Å². The smallest absolute Gasteiger partial charge is 0 e. The van der Waals surface area contributed by atoms with Gasteiger partial charge in [-0.2, -0.15) is 6.92 Å². The lowest BCUT2D eigenvalue weighted by Crippen LogP contribution is -1.57. The molecule has 0 aliphatic heterocycles. The summed E-state index contributed by atoms with van der Waals surface area (Å²) in [5.41, 5.74) is 0. The molecule has 0 saturated carbocycles. The minimum Gasteiger partial charge on any atom is -0.284 e. The van der Waals surface area contributed by atoms with Crippen molar-refractivity contribution in [1.82, 2.24) is 0 Å². The lowest BCUT2D eigenvalue weighted by molar-refractivity contribution is 2.31. The molecule has 0 aromatic rings. The van der Waals surface area contributed by atoms with Crippen molar-refractivity contribution in [2.45, 2.75) is 0 Å². The minimum absolute atomic E-state index is 2.12. The van der Waals surface area contributed by atoms with E-state index in [0.29, 0.717) is 0 Å². The summed E-state index contributed by atoms with van der Waals surface area (Å²) in [6.07, 6.45) is 4.95. The molecule has 0 rings (SSSR count). The van der Waals surface area contributed by atoms with Crippen molar-refractivity contribution in [3.8, 4) is 581 Å². The summed E-state index contributed by atoms with van der Waals surface area (Å²) in [7, 11) is 0. The molecule has 0 aliphatic carbocycles. The molecule has 0 aromatic heterocycles. The zero-order chi connectivity index (χ0) is 70.6. The van der Waals surface area contributed by atoms with E-state index < -0.39 is 0 Å². The Labute approximate surface area is 583 Å². The first-order valence-corrected chi connectivity index (χ1v) is 24.6. The highest BCUT2D eigenvalue weighted by Crippen LogP contribution is 1.67. The molecule has 0 amide bonds. The predicted octanol–water partition coefficient (Wildman–Crippen LogP) is 0.617. The Kier molecular flexibility index (Phi) is 59.6. The maximum absolute atomic E-state index is 4.95. The van der Waals surface area contributed by atoms with Crippen LogP contribution in [0.5, 0.6) is 0 Å². The zero-order valence-corrected chi connectivity index (χ0v) is 49.8. The minimum atomic E-state index is 2.12. The van der Waals surface area contributed by atoms with Crippen LogP contribution in [0.2, 0.25) is 0 Å². The lowest BCUT2D eigenvalue weighted by atomic mass is 10.4. The van der Waals surface area contributed by atoms with Crippen LogP contribution >= 0.6 is 0 Å². The van der Waals surface area contributed by atoms with Crippen LogP contribution in [-0.4, -0.2) is 0 Å². The number of hydrogen-bond acceptors (Lipinski definition) is 0. The van der Waals surface area contributed by atoms with E-state index in [9.17, 15) is 0 Å². The Morgan fingerprint density at radius 2 is 0.131 bits per heavy atom. The van der Waals surface area contributed by atoms with Crippen LogP contribution in [0.3, 0.4) is 0 Å². The van der Waals surface area contributed by atoms with E-state index in [1.807, 2.05) is 0 Å². The number of rotatable bonds is 0. The second-order valence-electron chi connectivity index (χ2n) is 12.2. The van der Waals surface area contributed by atoms with Gasteiger partial charge in [-0.1, -0.05) is 0 Å². The first-order valence-electron chi connectivity index (χ1n) is 24.6. The summed E-state index contributed by atoms with van der Waals surface area (Å²) in [5, 5.41) is 0. The first kappa shape index (κ1) is 77.3. The summed E-state index contributed by atoms with van der Waals surface area (Å²) < 4.78 is 0. The van der Waals surface area contributed by atoms with Gasteiger partial charge in [0.2, 0.25) is 0 Å². The third-order valence-electron chi connectivity index (χ3n) is 6.04. The molecule has 0 radical (unpaired) electrons. The Morgan fingerprint density at radius 3 is 0.182 bits per heavy atom. The van der Waals surface area contributed by atoms with Crippen molar-refractivity contribution in [2.24, 2.45) is 0 Å². The lowest BCUT2D eigenvalue weighted by Gasteiger charge is -1.64. The van der Waals surface area contributed by atoms with Crippen molar-refractivity contribution < 1.29 is 0 Å². The molecular weight excluding hydrogens is 1190 g/mol. The molecular formula is C99H3-. The molecule has 0 bridgehead atoms. The van der Waals surface area contributed by atoms with Gasteiger partial charge in [-0.25, -0.2) is 5.92 Å². The maximum atomic E-state index is 4.95. The highest BCUT2D eigenvalue weighted by Gasteiger charge is 1.67. The molecule has 0 unspecified atom stereocenters. The molecule has 0 fully saturated rings. The quantitative estimate of drug-likeness (QED) is 0.247. The largest absolute Gasteiger partial charge is 0.284 e. The fraction of sp³-hybridized carbons (Fsp3) is 0. The summed E-state index contributed by atoms with van der Waals surface area (Å²) in [4.78, 5) is 0. The van der Waals surface area contributed by atoms with E-state index in [-0.39, 0.29) is 0 Å². The second kappa shape index (κ2) is 76.3. The molecule has 0 aliphatic rings. The Hall–Kier alpha value is -21.7. The van der Waals surface area contributed by atoms with Gasteiger partial charge in [-0.05, 0) is 94.7 Å². The molecule has 0 N–H and O–H groups in total. The summed E-state index contributed by atoms with van der Waals surface area (Å²) in [5.74, 6) is 241. The van der Waals surface area contributed by atoms with Crippen molar-refractivity contribution in [3.05, 3.63) is 6.92 Å². The van der Waals surface area contributed by atoms with Gasteiger partial charge in [-0.3, -0.25) is 5.92 Å². The molecule has 0 aromatic carbocycles. The summed E-state index contributed by atoms with van der Waals surface area (Å²) in [6, 6.07) is 0. The zero-order valence-electron chi connectivity index (χ0n) is 49.8. The van der Waals surface area contributed by atoms with Crippen LogP contribution in [0, 0.1) is 588 Å². The van der Waals surface area contributed by atoms with Crippen molar-refractivity contribution in [2.75, 3.05) is 0 Å². The van der Waals surface area contributed by atoms with E-state index >= 15 is 0 Å². The Balaban J connectivity index is 4.63. The van der Waals surface area contributed by atoms with Crippen molar-refractivity contribution in [1.29, 1.82) is 0 Å². The second-order valence-corrected chi connectivity index (χ2v) is 12.2. The molecule has 99 heavy (non-hydrogen) atoms. The molecule has 0 spiro atoms. The van der Waals surface area contributed by atoms with E-state index in [1.165, 1.54) is 0 Å². The fourth-order valence-corrected chi connectivity index (χ4v) is 2.99. The van der Waals surface area contributed by atoms with Gasteiger partial charge < -0.3 is 0 Å². The fourth-order valence-electron chi connectivity index (χ4n) is 2.99. The van der Waals surface area contributed by atoms with Crippen LogP contribution in [-0.2, 0) is 0 Å². The Morgan fingerprint density at radius 1 is 0.0808 bits per heavy atom. The molecule has 0 saturated heterocycles. The van der Waals surface area contributed by atoms with Crippen molar-refractivity contribution >= 4 is 0 Å². The third kappa shape index (κ3) is 76.3. The van der Waals surface area contributed by atoms with E-state index in [0.717, 1.165) is 0 Å². The third-order valence-corrected chi connectivity index (χ3v) is 6.04. The molecule has 0 heteroatoms. The van der Waals surface area contributed by atoms with Gasteiger partial charge in [0.05, 0.1) is 0 Å². The monoisotopic (exact) mass is 1190 g/mol. The van der Waals surface area contributed by atoms with Crippen LogP contribution in [0.15, 0.2) is 0 Å². The van der Waals surface area contributed by atoms with Crippen LogP contribution in [0.4, 0.5) is 0 Å². The van der Waals surface area contributed by atoms with E-state index in [1.54, 1.807) is 0 Å². The standard InChI is InChI=1S/C99H3/c1-3-5-7-9-11-13-15-17-19-21-23-25-27-29-31-33-35-37-39-41-43-45-47-49-51-53-55-57-59-61-63-65-67-69-71-73-75-77-79-81-83-85-87-89-91-93-95-97-99-98-96-94-92-90-88-86-84-82-80-78-76-74-72-70-68-66-64-62-60-58-56-54-52-50-48-46-44-42-40-38-36-34-32-30-28-26-24-22-20-18-16-14-12-10-8-6-4-2/h1H,2H2/q-1. The molecule has 0 atom stereocenters. The van der Waals surface area contributed by atoms with E-state index in [4.69, 9.17) is 6.42 Å². The Bertz CT molecular complexity index is 6990. The topological polar surface area (TPSA) is 0 Å². The van der Waals surface area contributed by atoms with Crippen LogP contribution in [0.1, 0.15) is 0 Å². The van der Waals surface area contributed by atoms with Gasteiger partial charge in [0, 0.05) is 462 Å². The van der Waals surface area contributed by atoms with Gasteiger partial charge in [0.25, 0.3) is 0 Å².